The summed E-state index contributed by atoms with van der Waals surface area (Å²) in [5.74, 6) is 0.616. The smallest absolute Gasteiger partial charge is 0.254 e. The van der Waals surface area contributed by atoms with Crippen molar-refractivity contribution in [3.63, 3.8) is 0 Å². The summed E-state index contributed by atoms with van der Waals surface area (Å²) in [7, 11) is 1.60. The number of morpholine rings is 1. The number of carbonyl (C=O) groups is 2. The minimum Gasteiger partial charge on any atom is -0.481 e. The predicted molar refractivity (Wildman–Crippen MR) is 125 cm³/mol. The summed E-state index contributed by atoms with van der Waals surface area (Å²) in [5, 5.41) is 0.897. The van der Waals surface area contributed by atoms with Crippen molar-refractivity contribution in [2.75, 3.05) is 40.0 Å². The molecule has 0 spiro atoms. The number of amides is 2. The van der Waals surface area contributed by atoms with Gasteiger partial charge < -0.3 is 19.3 Å². The Kier molecular flexibility index (Phi) is 5.72. The van der Waals surface area contributed by atoms with Crippen molar-refractivity contribution in [2.24, 2.45) is 0 Å². The van der Waals surface area contributed by atoms with E-state index >= 15 is 0 Å². The van der Waals surface area contributed by atoms with Crippen LogP contribution in [0, 0.1) is 0 Å². The standard InChI is InChI=1S/C26H27N3O4/c1-17(30)29-8-7-18-3-4-19(13-21(18)16-29)22-15-25(32-2)27-24-6-5-20(14-23(22)24)26(31)28-9-11-33-12-10-28/h3-6,13-15H,7-12,16H2,1-2H3. The average Bonchev–Trinajstić information content (AvgIpc) is 2.87. The maximum absolute atomic E-state index is 13.1. The molecule has 3 aromatic rings. The van der Waals surface area contributed by atoms with Gasteiger partial charge in [0.2, 0.25) is 11.8 Å². The second-order valence-corrected chi connectivity index (χ2v) is 8.52. The molecule has 0 atom stereocenters. The molecule has 2 aromatic carbocycles. The Morgan fingerprint density at radius 1 is 0.970 bits per heavy atom. The fraction of sp³-hybridized carbons (Fsp3) is 0.346. The fourth-order valence-electron chi connectivity index (χ4n) is 4.62. The molecule has 2 aliphatic heterocycles. The van der Waals surface area contributed by atoms with E-state index in [4.69, 9.17) is 9.47 Å². The molecule has 7 nitrogen and oxygen atoms in total. The normalized spacial score (nSPS) is 15.9. The topological polar surface area (TPSA) is 72.0 Å². The molecule has 5 rings (SSSR count). The fourth-order valence-corrected chi connectivity index (χ4v) is 4.62. The molecular formula is C26H27N3O4. The first kappa shape index (κ1) is 21.4. The van der Waals surface area contributed by atoms with Gasteiger partial charge in [-0.15, -0.1) is 0 Å². The van der Waals surface area contributed by atoms with Crippen LogP contribution < -0.4 is 4.74 Å². The lowest BCUT2D eigenvalue weighted by Gasteiger charge is -2.28. The first-order valence-electron chi connectivity index (χ1n) is 11.3. The molecule has 7 heteroatoms. The molecule has 1 aromatic heterocycles. The number of aromatic nitrogens is 1. The molecule has 33 heavy (non-hydrogen) atoms. The first-order chi connectivity index (χ1) is 16.0. The summed E-state index contributed by atoms with van der Waals surface area (Å²) in [6.45, 7) is 5.30. The SMILES string of the molecule is COc1cc(-c2ccc3c(c2)CN(C(C)=O)CC3)c2cc(C(=O)N3CCOCC3)ccc2n1. The second-order valence-electron chi connectivity index (χ2n) is 8.52. The summed E-state index contributed by atoms with van der Waals surface area (Å²) in [6, 6.07) is 13.9. The van der Waals surface area contributed by atoms with E-state index in [0.717, 1.165) is 40.6 Å². The third-order valence-electron chi connectivity index (χ3n) is 6.51. The van der Waals surface area contributed by atoms with Crippen molar-refractivity contribution >= 4 is 22.7 Å². The van der Waals surface area contributed by atoms with Gasteiger partial charge in [-0.3, -0.25) is 9.59 Å². The van der Waals surface area contributed by atoms with Crippen LogP contribution in [0.3, 0.4) is 0 Å². The number of rotatable bonds is 3. The lowest BCUT2D eigenvalue weighted by molar-refractivity contribution is -0.129. The van der Waals surface area contributed by atoms with E-state index < -0.39 is 0 Å². The Morgan fingerprint density at radius 2 is 1.79 bits per heavy atom. The molecule has 0 bridgehead atoms. The Bertz CT molecular complexity index is 1230. The number of ether oxygens (including phenoxy) is 2. The van der Waals surface area contributed by atoms with Crippen LogP contribution in [0.15, 0.2) is 42.5 Å². The molecule has 170 valence electrons. The van der Waals surface area contributed by atoms with Crippen molar-refractivity contribution in [1.82, 2.24) is 14.8 Å². The monoisotopic (exact) mass is 445 g/mol. The maximum atomic E-state index is 13.1. The van der Waals surface area contributed by atoms with Gasteiger partial charge in [-0.1, -0.05) is 12.1 Å². The van der Waals surface area contributed by atoms with Gasteiger partial charge >= 0.3 is 0 Å². The molecule has 0 radical (unpaired) electrons. The molecule has 0 unspecified atom stereocenters. The minimum absolute atomic E-state index is 0.00418. The molecule has 2 amide bonds. The van der Waals surface area contributed by atoms with Gasteiger partial charge in [0.1, 0.15) is 0 Å². The van der Waals surface area contributed by atoms with Crippen LogP contribution in [-0.2, 0) is 22.5 Å². The van der Waals surface area contributed by atoms with E-state index in [0.29, 0.717) is 44.3 Å². The highest BCUT2D eigenvalue weighted by molar-refractivity contribution is 6.02. The van der Waals surface area contributed by atoms with E-state index in [2.05, 4.69) is 23.2 Å². The van der Waals surface area contributed by atoms with Gasteiger partial charge in [0.15, 0.2) is 0 Å². The van der Waals surface area contributed by atoms with Crippen LogP contribution in [0.4, 0.5) is 0 Å². The Morgan fingerprint density at radius 3 is 2.55 bits per heavy atom. The van der Waals surface area contributed by atoms with Crippen molar-refractivity contribution in [2.45, 2.75) is 19.9 Å². The highest BCUT2D eigenvalue weighted by Gasteiger charge is 2.21. The summed E-state index contributed by atoms with van der Waals surface area (Å²) < 4.78 is 10.8. The van der Waals surface area contributed by atoms with E-state index in [1.165, 1.54) is 5.56 Å². The molecule has 0 saturated carbocycles. The number of methoxy groups -OCH3 is 1. The van der Waals surface area contributed by atoms with Gasteiger partial charge in [-0.2, -0.15) is 0 Å². The van der Waals surface area contributed by atoms with Crippen molar-refractivity contribution in [3.8, 4) is 17.0 Å². The Hall–Kier alpha value is -3.45. The van der Waals surface area contributed by atoms with Crippen LogP contribution in [0.2, 0.25) is 0 Å². The predicted octanol–water partition coefficient (Wildman–Crippen LogP) is 3.29. The molecule has 0 N–H and O–H groups in total. The molecule has 0 aliphatic carbocycles. The van der Waals surface area contributed by atoms with Gasteiger partial charge in [-0.05, 0) is 52.9 Å². The largest absolute Gasteiger partial charge is 0.481 e. The van der Waals surface area contributed by atoms with E-state index in [-0.39, 0.29) is 11.8 Å². The van der Waals surface area contributed by atoms with E-state index in [1.807, 2.05) is 34.1 Å². The van der Waals surface area contributed by atoms with Crippen LogP contribution >= 0.6 is 0 Å². The second kappa shape index (κ2) is 8.83. The molecule has 3 heterocycles. The summed E-state index contributed by atoms with van der Waals surface area (Å²) in [6.07, 6.45) is 0.855. The first-order valence-corrected chi connectivity index (χ1v) is 11.3. The zero-order chi connectivity index (χ0) is 22.9. The highest BCUT2D eigenvalue weighted by Crippen LogP contribution is 2.34. The molecular weight excluding hydrogens is 418 g/mol. The average molecular weight is 446 g/mol. The van der Waals surface area contributed by atoms with E-state index in [9.17, 15) is 9.59 Å². The summed E-state index contributed by atoms with van der Waals surface area (Å²) >= 11 is 0. The minimum atomic E-state index is 0.00418. The highest BCUT2D eigenvalue weighted by atomic mass is 16.5. The van der Waals surface area contributed by atoms with Gasteiger partial charge in [0.25, 0.3) is 5.91 Å². The molecule has 2 aliphatic rings. The number of fused-ring (bicyclic) bond motifs is 2. The lowest BCUT2D eigenvalue weighted by atomic mass is 9.93. The van der Waals surface area contributed by atoms with Crippen LogP contribution in [0.5, 0.6) is 5.88 Å². The third-order valence-corrected chi connectivity index (χ3v) is 6.51. The van der Waals surface area contributed by atoms with Gasteiger partial charge in [-0.25, -0.2) is 4.98 Å². The van der Waals surface area contributed by atoms with Crippen molar-refractivity contribution < 1.29 is 19.1 Å². The summed E-state index contributed by atoms with van der Waals surface area (Å²) in [5.41, 5.74) is 5.80. The van der Waals surface area contributed by atoms with Crippen LogP contribution in [-0.4, -0.2) is 66.6 Å². The zero-order valence-corrected chi connectivity index (χ0v) is 19.0. The quantitative estimate of drug-likeness (QED) is 0.619. The number of hydrogen-bond donors (Lipinski definition) is 0. The van der Waals surface area contributed by atoms with Crippen LogP contribution in [0.25, 0.3) is 22.0 Å². The Balaban J connectivity index is 1.59. The number of nitrogens with zero attached hydrogens (tertiary/aromatic N) is 3. The molecule has 1 fully saturated rings. The van der Waals surface area contributed by atoms with E-state index in [1.54, 1.807) is 14.0 Å². The number of pyridine rings is 1. The summed E-state index contributed by atoms with van der Waals surface area (Å²) in [4.78, 5) is 33.3. The van der Waals surface area contributed by atoms with Crippen molar-refractivity contribution in [1.29, 1.82) is 0 Å². The van der Waals surface area contributed by atoms with Crippen molar-refractivity contribution in [3.05, 3.63) is 59.2 Å². The Labute approximate surface area is 192 Å². The third kappa shape index (κ3) is 4.16. The van der Waals surface area contributed by atoms with Gasteiger partial charge in [0, 0.05) is 50.1 Å². The zero-order valence-electron chi connectivity index (χ0n) is 19.0. The number of benzene rings is 2. The maximum Gasteiger partial charge on any atom is 0.254 e. The molecule has 1 saturated heterocycles. The van der Waals surface area contributed by atoms with Gasteiger partial charge in [0.05, 0.1) is 25.8 Å². The number of hydrogen-bond acceptors (Lipinski definition) is 5. The number of carbonyl (C=O) groups excluding carboxylic acids is 2. The lowest BCUT2D eigenvalue weighted by Crippen LogP contribution is -2.40. The van der Waals surface area contributed by atoms with Crippen LogP contribution in [0.1, 0.15) is 28.4 Å².